The van der Waals surface area contributed by atoms with Gasteiger partial charge in [0, 0.05) is 18.3 Å². The zero-order valence-corrected chi connectivity index (χ0v) is 21.2. The van der Waals surface area contributed by atoms with Crippen LogP contribution in [0.15, 0.2) is 0 Å². The molecule has 0 heterocycles. The molecule has 7 heteroatoms. The van der Waals surface area contributed by atoms with E-state index in [9.17, 15) is 24.9 Å². The van der Waals surface area contributed by atoms with Crippen molar-refractivity contribution in [3.8, 4) is 0 Å². The minimum atomic E-state index is -1.30. The number of esters is 1. The molecule has 2 aliphatic rings. The Labute approximate surface area is 203 Å². The molecule has 2 aliphatic carbocycles. The van der Waals surface area contributed by atoms with Crippen molar-refractivity contribution in [1.82, 2.24) is 0 Å². The van der Waals surface area contributed by atoms with E-state index < -0.39 is 24.6 Å². The van der Waals surface area contributed by atoms with Gasteiger partial charge in [-0.1, -0.05) is 27.2 Å². The van der Waals surface area contributed by atoms with Gasteiger partial charge in [0.25, 0.3) is 0 Å². The first-order valence-electron chi connectivity index (χ1n) is 11.5. The second-order valence-electron chi connectivity index (χ2n) is 9.47. The standard InChI is InChI=1S/C23H40O6.Na/c1-4-14(2)23(28)29-20-7-5-6-16-9-8-15(3)19(22(16)20)11-10-17(24)12-18(25)13-21(26)27;/h14-20,22,24-25H,4-13H2,1-3H3,(H,26,27);/q;+1/p-1/t14-,15-,16+,17+,18+,19-,20-,22-;/m0./s1. The Morgan fingerprint density at radius 3 is 2.47 bits per heavy atom. The van der Waals surface area contributed by atoms with Crippen molar-refractivity contribution in [2.24, 2.45) is 29.6 Å². The number of carboxylic acid groups (broad SMARTS) is 1. The third-order valence-electron chi connectivity index (χ3n) is 7.32. The summed E-state index contributed by atoms with van der Waals surface area (Å²) >= 11 is 0. The Bertz CT molecular complexity index is 542. The van der Waals surface area contributed by atoms with Gasteiger partial charge < -0.3 is 24.9 Å². The molecule has 8 atom stereocenters. The fraction of sp³-hybridized carbons (Fsp3) is 0.913. The monoisotopic (exact) mass is 434 g/mol. The van der Waals surface area contributed by atoms with E-state index >= 15 is 0 Å². The predicted octanol–water partition coefficient (Wildman–Crippen LogP) is -0.557. The Kier molecular flexibility index (Phi) is 12.5. The number of aliphatic hydroxyl groups excluding tert-OH is 2. The minimum absolute atomic E-state index is 0. The second kappa shape index (κ2) is 13.4. The van der Waals surface area contributed by atoms with Crippen molar-refractivity contribution >= 4 is 11.9 Å². The molecular formula is C23H39NaO6. The van der Waals surface area contributed by atoms with E-state index in [2.05, 4.69) is 6.92 Å². The maximum Gasteiger partial charge on any atom is 1.00 e. The number of hydrogen-bond donors (Lipinski definition) is 2. The van der Waals surface area contributed by atoms with Crippen molar-refractivity contribution in [2.75, 3.05) is 0 Å². The van der Waals surface area contributed by atoms with Crippen LogP contribution in [0.3, 0.4) is 0 Å². The summed E-state index contributed by atoms with van der Waals surface area (Å²) in [5.74, 6) is 0.293. The minimum Gasteiger partial charge on any atom is -0.550 e. The van der Waals surface area contributed by atoms with Crippen LogP contribution < -0.4 is 34.7 Å². The summed E-state index contributed by atoms with van der Waals surface area (Å²) in [5, 5.41) is 30.6. The number of ether oxygens (including phenoxy) is 1. The Morgan fingerprint density at radius 1 is 1.13 bits per heavy atom. The molecule has 30 heavy (non-hydrogen) atoms. The van der Waals surface area contributed by atoms with Gasteiger partial charge in [0.05, 0.1) is 18.1 Å². The van der Waals surface area contributed by atoms with Crippen LogP contribution in [0.5, 0.6) is 0 Å². The van der Waals surface area contributed by atoms with Gasteiger partial charge >= 0.3 is 35.5 Å². The van der Waals surface area contributed by atoms with Gasteiger partial charge in [-0.05, 0) is 69.1 Å². The summed E-state index contributed by atoms with van der Waals surface area (Å²) < 4.78 is 5.99. The molecule has 2 saturated carbocycles. The summed E-state index contributed by atoms with van der Waals surface area (Å²) in [6.45, 7) is 6.16. The van der Waals surface area contributed by atoms with Crippen LogP contribution in [0.4, 0.5) is 0 Å². The molecule has 0 amide bonds. The van der Waals surface area contributed by atoms with Gasteiger partial charge in [0.2, 0.25) is 0 Å². The molecule has 0 spiro atoms. The Morgan fingerprint density at radius 2 is 1.83 bits per heavy atom. The zero-order chi connectivity index (χ0) is 21.6. The van der Waals surface area contributed by atoms with Crippen molar-refractivity contribution < 1.29 is 59.2 Å². The molecule has 0 unspecified atom stereocenters. The van der Waals surface area contributed by atoms with Gasteiger partial charge in [-0.15, -0.1) is 0 Å². The first kappa shape index (κ1) is 27.9. The number of aliphatic carboxylic acids is 1. The Balaban J connectivity index is 0.00000450. The van der Waals surface area contributed by atoms with Crippen LogP contribution in [0.25, 0.3) is 0 Å². The number of carboxylic acids is 1. The van der Waals surface area contributed by atoms with Crippen molar-refractivity contribution in [3.63, 3.8) is 0 Å². The normalized spacial score (nSPS) is 31.6. The molecule has 0 radical (unpaired) electrons. The van der Waals surface area contributed by atoms with E-state index in [1.807, 2.05) is 13.8 Å². The van der Waals surface area contributed by atoms with E-state index in [1.54, 1.807) is 0 Å². The van der Waals surface area contributed by atoms with Gasteiger partial charge in [-0.3, -0.25) is 4.79 Å². The zero-order valence-electron chi connectivity index (χ0n) is 19.2. The summed E-state index contributed by atoms with van der Waals surface area (Å²) in [5.41, 5.74) is 0. The number of fused-ring (bicyclic) bond motifs is 1. The third-order valence-corrected chi connectivity index (χ3v) is 7.32. The number of carbonyl (C=O) groups excluding carboxylic acids is 2. The van der Waals surface area contributed by atoms with Crippen LogP contribution in [-0.2, 0) is 14.3 Å². The molecule has 0 saturated heterocycles. The largest absolute Gasteiger partial charge is 1.00 e. The first-order chi connectivity index (χ1) is 13.7. The smallest absolute Gasteiger partial charge is 0.550 e. The number of rotatable bonds is 10. The van der Waals surface area contributed by atoms with Gasteiger partial charge in [0.15, 0.2) is 0 Å². The summed E-state index contributed by atoms with van der Waals surface area (Å²) in [6.07, 6.45) is 5.37. The van der Waals surface area contributed by atoms with Gasteiger partial charge in [0.1, 0.15) is 6.10 Å². The van der Waals surface area contributed by atoms with E-state index in [1.165, 1.54) is 12.8 Å². The van der Waals surface area contributed by atoms with Gasteiger partial charge in [-0.25, -0.2) is 0 Å². The molecule has 0 aromatic rings. The number of hydrogen-bond acceptors (Lipinski definition) is 6. The molecule has 0 aromatic carbocycles. The van der Waals surface area contributed by atoms with Crippen LogP contribution in [0.2, 0.25) is 0 Å². The molecule has 2 N–H and O–H groups in total. The fourth-order valence-electron chi connectivity index (χ4n) is 5.44. The summed E-state index contributed by atoms with van der Waals surface area (Å²) in [6, 6.07) is 0. The third kappa shape index (κ3) is 8.09. The van der Waals surface area contributed by atoms with Crippen molar-refractivity contribution in [2.45, 2.75) is 103 Å². The fourth-order valence-corrected chi connectivity index (χ4v) is 5.44. The predicted molar refractivity (Wildman–Crippen MR) is 108 cm³/mol. The topological polar surface area (TPSA) is 107 Å². The molecule has 168 valence electrons. The van der Waals surface area contributed by atoms with Crippen LogP contribution in [-0.4, -0.2) is 40.5 Å². The summed E-state index contributed by atoms with van der Waals surface area (Å²) in [7, 11) is 0. The quantitative estimate of drug-likeness (QED) is 0.353. The van der Waals surface area contributed by atoms with Crippen LogP contribution >= 0.6 is 0 Å². The maximum atomic E-state index is 12.4. The van der Waals surface area contributed by atoms with Crippen molar-refractivity contribution in [3.05, 3.63) is 0 Å². The van der Waals surface area contributed by atoms with E-state index in [0.29, 0.717) is 30.1 Å². The van der Waals surface area contributed by atoms with E-state index in [0.717, 1.165) is 32.1 Å². The number of aliphatic hydroxyl groups is 2. The summed E-state index contributed by atoms with van der Waals surface area (Å²) in [4.78, 5) is 23.0. The van der Waals surface area contributed by atoms with Gasteiger partial charge in [-0.2, -0.15) is 0 Å². The molecule has 0 aromatic heterocycles. The first-order valence-corrected chi connectivity index (χ1v) is 11.5. The molecule has 0 aliphatic heterocycles. The van der Waals surface area contributed by atoms with Crippen LogP contribution in [0, 0.1) is 29.6 Å². The molecule has 2 fully saturated rings. The SMILES string of the molecule is CC[C@H](C)C(=O)O[C@H]1CCC[C@@H]2CC[C@H](C)[C@H](CC[C@@H](O)C[C@@H](O)CC(=O)[O-])[C@H]21.[Na+]. The molecule has 6 nitrogen and oxygen atoms in total. The number of carbonyl (C=O) groups is 2. The maximum absolute atomic E-state index is 12.4. The van der Waals surface area contributed by atoms with Crippen LogP contribution in [0.1, 0.15) is 85.0 Å². The van der Waals surface area contributed by atoms with E-state index in [-0.39, 0.29) is 54.0 Å². The molecular weight excluding hydrogens is 395 g/mol. The van der Waals surface area contributed by atoms with Crippen molar-refractivity contribution in [1.29, 1.82) is 0 Å². The second-order valence-corrected chi connectivity index (χ2v) is 9.47. The Hall–Kier alpha value is -0.140. The molecule has 0 bridgehead atoms. The average Bonchev–Trinajstić information content (AvgIpc) is 2.66. The van der Waals surface area contributed by atoms with E-state index in [4.69, 9.17) is 4.74 Å². The molecule has 2 rings (SSSR count). The average molecular weight is 435 g/mol.